The lowest BCUT2D eigenvalue weighted by molar-refractivity contribution is -0.132. The standard InChI is InChI=1S/C24H27N3O3S/c1-16-8-10-20(11-9-16)30-14-22-25-19(15-31-22)12-23(29)27(4)13-21(28)26-24-17(2)6-5-7-18(24)3/h5-11,15H,12-14H2,1-4H3,(H,26,28). The summed E-state index contributed by atoms with van der Waals surface area (Å²) in [6.07, 6.45) is 0.147. The summed E-state index contributed by atoms with van der Waals surface area (Å²) in [6.45, 7) is 6.26. The van der Waals surface area contributed by atoms with Crippen molar-refractivity contribution in [2.75, 3.05) is 18.9 Å². The maximum atomic E-state index is 12.5. The molecule has 6 nitrogen and oxygen atoms in total. The molecule has 0 aliphatic carbocycles. The van der Waals surface area contributed by atoms with Gasteiger partial charge in [0.25, 0.3) is 0 Å². The Bertz CT molecular complexity index is 1040. The number of nitrogens with zero attached hydrogens (tertiary/aromatic N) is 2. The smallest absolute Gasteiger partial charge is 0.243 e. The molecule has 0 spiro atoms. The number of amides is 2. The Balaban J connectivity index is 1.49. The Labute approximate surface area is 186 Å². The number of likely N-dealkylation sites (N-methyl/N-ethyl adjacent to an activating group) is 1. The minimum Gasteiger partial charge on any atom is -0.486 e. The molecule has 3 aromatic rings. The Hall–Kier alpha value is -3.19. The van der Waals surface area contributed by atoms with Crippen LogP contribution < -0.4 is 10.1 Å². The quantitative estimate of drug-likeness (QED) is 0.571. The summed E-state index contributed by atoms with van der Waals surface area (Å²) in [7, 11) is 1.63. The number of hydrogen-bond acceptors (Lipinski definition) is 5. The third kappa shape index (κ3) is 6.39. The van der Waals surface area contributed by atoms with Crippen molar-refractivity contribution >= 4 is 28.8 Å². The van der Waals surface area contributed by atoms with Gasteiger partial charge >= 0.3 is 0 Å². The van der Waals surface area contributed by atoms with Gasteiger partial charge in [-0.2, -0.15) is 0 Å². The molecule has 0 atom stereocenters. The monoisotopic (exact) mass is 437 g/mol. The van der Waals surface area contributed by atoms with E-state index in [1.54, 1.807) is 7.05 Å². The first kappa shape index (κ1) is 22.5. The van der Waals surface area contributed by atoms with Crippen molar-refractivity contribution in [3.63, 3.8) is 0 Å². The molecular weight excluding hydrogens is 410 g/mol. The number of nitrogens with one attached hydrogen (secondary N) is 1. The minimum absolute atomic E-state index is 0.0138. The number of para-hydroxylation sites is 1. The molecule has 0 aliphatic heterocycles. The predicted molar refractivity (Wildman–Crippen MR) is 124 cm³/mol. The van der Waals surface area contributed by atoms with Crippen LogP contribution in [-0.4, -0.2) is 35.3 Å². The van der Waals surface area contributed by atoms with E-state index in [1.165, 1.54) is 21.8 Å². The molecule has 0 bridgehead atoms. The second-order valence-electron chi connectivity index (χ2n) is 7.58. The highest BCUT2D eigenvalue weighted by Crippen LogP contribution is 2.19. The number of hydrogen-bond donors (Lipinski definition) is 1. The number of aryl methyl sites for hydroxylation is 3. The van der Waals surface area contributed by atoms with Gasteiger partial charge in [0.05, 0.1) is 18.7 Å². The summed E-state index contributed by atoms with van der Waals surface area (Å²) in [6, 6.07) is 13.7. The largest absolute Gasteiger partial charge is 0.486 e. The van der Waals surface area contributed by atoms with E-state index in [1.807, 2.05) is 68.6 Å². The first-order valence-electron chi connectivity index (χ1n) is 10.0. The summed E-state index contributed by atoms with van der Waals surface area (Å²) < 4.78 is 5.74. The Morgan fingerprint density at radius 3 is 2.42 bits per heavy atom. The Morgan fingerprint density at radius 1 is 1.06 bits per heavy atom. The average Bonchev–Trinajstić information content (AvgIpc) is 3.17. The van der Waals surface area contributed by atoms with Crippen LogP contribution in [0.15, 0.2) is 47.8 Å². The maximum absolute atomic E-state index is 12.5. The van der Waals surface area contributed by atoms with Crippen LogP contribution in [0.1, 0.15) is 27.4 Å². The van der Waals surface area contributed by atoms with E-state index >= 15 is 0 Å². The summed E-state index contributed by atoms with van der Waals surface area (Å²) >= 11 is 1.46. The van der Waals surface area contributed by atoms with Gasteiger partial charge in [0.15, 0.2) is 0 Å². The van der Waals surface area contributed by atoms with Gasteiger partial charge in [-0.25, -0.2) is 4.98 Å². The number of rotatable bonds is 8. The van der Waals surface area contributed by atoms with E-state index in [2.05, 4.69) is 10.3 Å². The summed E-state index contributed by atoms with van der Waals surface area (Å²) in [4.78, 5) is 30.8. The Kier molecular flexibility index (Phi) is 7.41. The van der Waals surface area contributed by atoms with E-state index in [0.29, 0.717) is 12.3 Å². The zero-order chi connectivity index (χ0) is 22.4. The lowest BCUT2D eigenvalue weighted by Gasteiger charge is -2.17. The molecule has 2 aromatic carbocycles. The first-order chi connectivity index (χ1) is 14.8. The number of carbonyl (C=O) groups excluding carboxylic acids is 2. The van der Waals surface area contributed by atoms with Crippen LogP contribution in [0.3, 0.4) is 0 Å². The van der Waals surface area contributed by atoms with Crippen molar-refractivity contribution in [1.82, 2.24) is 9.88 Å². The van der Waals surface area contributed by atoms with Crippen LogP contribution in [0.2, 0.25) is 0 Å². The molecule has 0 saturated heterocycles. The molecule has 3 rings (SSSR count). The molecule has 1 aromatic heterocycles. The fourth-order valence-corrected chi connectivity index (χ4v) is 3.77. The van der Waals surface area contributed by atoms with Crippen molar-refractivity contribution < 1.29 is 14.3 Å². The highest BCUT2D eigenvalue weighted by molar-refractivity contribution is 7.09. The maximum Gasteiger partial charge on any atom is 0.243 e. The van der Waals surface area contributed by atoms with E-state index in [9.17, 15) is 9.59 Å². The number of thiazole rings is 1. The second-order valence-corrected chi connectivity index (χ2v) is 8.52. The SMILES string of the molecule is Cc1ccc(OCc2nc(CC(=O)N(C)CC(=O)Nc3c(C)cccc3C)cs2)cc1. The van der Waals surface area contributed by atoms with Gasteiger partial charge in [-0.3, -0.25) is 9.59 Å². The van der Waals surface area contributed by atoms with Crippen molar-refractivity contribution in [2.45, 2.75) is 33.8 Å². The number of carbonyl (C=O) groups is 2. The van der Waals surface area contributed by atoms with E-state index < -0.39 is 0 Å². The van der Waals surface area contributed by atoms with Gasteiger partial charge < -0.3 is 15.0 Å². The third-order valence-electron chi connectivity index (χ3n) is 4.87. The molecule has 2 amide bonds. The zero-order valence-corrected chi connectivity index (χ0v) is 19.1. The van der Waals surface area contributed by atoms with Crippen LogP contribution >= 0.6 is 11.3 Å². The summed E-state index contributed by atoms with van der Waals surface area (Å²) in [5.74, 6) is 0.403. The average molecular weight is 438 g/mol. The van der Waals surface area contributed by atoms with Crippen molar-refractivity contribution in [3.05, 3.63) is 75.2 Å². The number of anilines is 1. The van der Waals surface area contributed by atoms with Crippen LogP contribution in [0.25, 0.3) is 0 Å². The molecule has 0 fully saturated rings. The van der Waals surface area contributed by atoms with Crippen molar-refractivity contribution in [2.24, 2.45) is 0 Å². The summed E-state index contributed by atoms with van der Waals surface area (Å²) in [5.41, 5.74) is 4.63. The van der Waals surface area contributed by atoms with E-state index in [4.69, 9.17) is 4.74 Å². The van der Waals surface area contributed by atoms with E-state index in [0.717, 1.165) is 27.6 Å². The van der Waals surface area contributed by atoms with Gasteiger partial charge in [0.2, 0.25) is 11.8 Å². The molecule has 31 heavy (non-hydrogen) atoms. The second kappa shape index (κ2) is 10.2. The topological polar surface area (TPSA) is 71.5 Å². The molecule has 0 radical (unpaired) electrons. The number of aromatic nitrogens is 1. The van der Waals surface area contributed by atoms with Crippen LogP contribution in [0.5, 0.6) is 5.75 Å². The highest BCUT2D eigenvalue weighted by Gasteiger charge is 2.16. The fourth-order valence-electron chi connectivity index (χ4n) is 3.06. The van der Waals surface area contributed by atoms with Gasteiger partial charge in [0.1, 0.15) is 17.4 Å². The predicted octanol–water partition coefficient (Wildman–Crippen LogP) is 4.29. The molecule has 7 heteroatoms. The van der Waals surface area contributed by atoms with Crippen molar-refractivity contribution in [3.8, 4) is 5.75 Å². The fraction of sp³-hybridized carbons (Fsp3) is 0.292. The normalized spacial score (nSPS) is 10.6. The summed E-state index contributed by atoms with van der Waals surface area (Å²) in [5, 5.41) is 5.57. The third-order valence-corrected chi connectivity index (χ3v) is 5.74. The highest BCUT2D eigenvalue weighted by atomic mass is 32.1. The van der Waals surface area contributed by atoms with Gasteiger partial charge in [-0.15, -0.1) is 11.3 Å². The van der Waals surface area contributed by atoms with Gasteiger partial charge in [0, 0.05) is 18.1 Å². The molecule has 162 valence electrons. The van der Waals surface area contributed by atoms with E-state index in [-0.39, 0.29) is 24.8 Å². The molecule has 0 unspecified atom stereocenters. The zero-order valence-electron chi connectivity index (χ0n) is 18.3. The number of benzene rings is 2. The lowest BCUT2D eigenvalue weighted by Crippen LogP contribution is -2.36. The van der Waals surface area contributed by atoms with Crippen molar-refractivity contribution in [1.29, 1.82) is 0 Å². The molecule has 1 heterocycles. The van der Waals surface area contributed by atoms with Crippen LogP contribution in [0.4, 0.5) is 5.69 Å². The van der Waals surface area contributed by atoms with Gasteiger partial charge in [-0.05, 0) is 44.0 Å². The molecular formula is C24H27N3O3S. The van der Waals surface area contributed by atoms with Crippen LogP contribution in [0, 0.1) is 20.8 Å². The molecule has 0 aliphatic rings. The van der Waals surface area contributed by atoms with Gasteiger partial charge in [-0.1, -0.05) is 35.9 Å². The number of ether oxygens (including phenoxy) is 1. The minimum atomic E-state index is -0.223. The lowest BCUT2D eigenvalue weighted by atomic mass is 10.1. The Morgan fingerprint density at radius 2 is 1.74 bits per heavy atom. The first-order valence-corrected chi connectivity index (χ1v) is 10.9. The molecule has 1 N–H and O–H groups in total. The molecule has 0 saturated carbocycles. The van der Waals surface area contributed by atoms with Crippen LogP contribution in [-0.2, 0) is 22.6 Å².